The number of nitrogens with zero attached hydrogens (tertiary/aromatic N) is 1. The number of benzene rings is 2. The topological polar surface area (TPSA) is 42.2 Å². The molecule has 0 N–H and O–H groups in total. The lowest BCUT2D eigenvalue weighted by Gasteiger charge is -2.12. The van der Waals surface area contributed by atoms with Gasteiger partial charge in [0.25, 0.3) is 0 Å². The standard InChI is InChI=1S/C20H23NO2/c1-16-8-3-4-12-20(16)23-13-6-5-9-18(15-21)17-10-7-11-19(14-17)22-2/h3-4,7-8,10-12,14,18H,5-6,9,13H2,1-2H3. The minimum atomic E-state index is -0.0939. The van der Waals surface area contributed by atoms with Crippen LogP contribution in [0.5, 0.6) is 11.5 Å². The highest BCUT2D eigenvalue weighted by Gasteiger charge is 2.11. The first kappa shape index (κ1) is 16.9. The third kappa shape index (κ3) is 5.03. The van der Waals surface area contributed by atoms with Gasteiger partial charge in [-0.2, -0.15) is 5.26 Å². The van der Waals surface area contributed by atoms with Crippen LogP contribution in [-0.4, -0.2) is 13.7 Å². The lowest BCUT2D eigenvalue weighted by atomic mass is 9.95. The molecule has 0 fully saturated rings. The van der Waals surface area contributed by atoms with E-state index in [4.69, 9.17) is 9.47 Å². The van der Waals surface area contributed by atoms with E-state index < -0.39 is 0 Å². The minimum Gasteiger partial charge on any atom is -0.497 e. The van der Waals surface area contributed by atoms with Crippen LogP contribution in [-0.2, 0) is 0 Å². The maximum atomic E-state index is 9.39. The Morgan fingerprint density at radius 2 is 1.91 bits per heavy atom. The van der Waals surface area contributed by atoms with E-state index in [2.05, 4.69) is 6.07 Å². The number of rotatable bonds is 8. The molecular weight excluding hydrogens is 286 g/mol. The Morgan fingerprint density at radius 1 is 1.09 bits per heavy atom. The second-order valence-electron chi connectivity index (χ2n) is 5.57. The molecule has 0 aliphatic carbocycles. The summed E-state index contributed by atoms with van der Waals surface area (Å²) >= 11 is 0. The van der Waals surface area contributed by atoms with E-state index in [1.165, 1.54) is 0 Å². The van der Waals surface area contributed by atoms with Crippen LogP contribution in [0.2, 0.25) is 0 Å². The molecule has 2 aromatic rings. The molecule has 0 aliphatic rings. The van der Waals surface area contributed by atoms with Gasteiger partial charge >= 0.3 is 0 Å². The summed E-state index contributed by atoms with van der Waals surface area (Å²) in [5, 5.41) is 9.39. The van der Waals surface area contributed by atoms with Crippen molar-refractivity contribution in [2.24, 2.45) is 0 Å². The number of hydrogen-bond acceptors (Lipinski definition) is 3. The molecular formula is C20H23NO2. The third-order valence-electron chi connectivity index (χ3n) is 3.89. The fourth-order valence-corrected chi connectivity index (χ4v) is 2.52. The number of methoxy groups -OCH3 is 1. The normalized spacial score (nSPS) is 11.5. The summed E-state index contributed by atoms with van der Waals surface area (Å²) in [6.45, 7) is 2.73. The van der Waals surface area contributed by atoms with Crippen LogP contribution in [0.1, 0.15) is 36.3 Å². The Morgan fingerprint density at radius 3 is 2.65 bits per heavy atom. The quantitative estimate of drug-likeness (QED) is 0.654. The van der Waals surface area contributed by atoms with Gasteiger partial charge in [0.2, 0.25) is 0 Å². The summed E-state index contributed by atoms with van der Waals surface area (Å²) in [6, 6.07) is 18.2. The molecule has 2 aromatic carbocycles. The van der Waals surface area contributed by atoms with Crippen LogP contribution in [0.25, 0.3) is 0 Å². The number of unbranched alkanes of at least 4 members (excludes halogenated alkanes) is 1. The molecule has 0 bridgehead atoms. The predicted molar refractivity (Wildman–Crippen MR) is 91.9 cm³/mol. The van der Waals surface area contributed by atoms with Gasteiger partial charge in [0.05, 0.1) is 25.7 Å². The number of nitriles is 1. The summed E-state index contributed by atoms with van der Waals surface area (Å²) in [7, 11) is 1.64. The van der Waals surface area contributed by atoms with Crippen LogP contribution in [0.4, 0.5) is 0 Å². The van der Waals surface area contributed by atoms with Gasteiger partial charge in [-0.1, -0.05) is 30.3 Å². The zero-order valence-corrected chi connectivity index (χ0v) is 13.8. The van der Waals surface area contributed by atoms with Crippen LogP contribution in [0.3, 0.4) is 0 Å². The molecule has 0 aliphatic heterocycles. The number of para-hydroxylation sites is 1. The fourth-order valence-electron chi connectivity index (χ4n) is 2.52. The summed E-state index contributed by atoms with van der Waals surface area (Å²) < 4.78 is 11.0. The molecule has 120 valence electrons. The zero-order chi connectivity index (χ0) is 16.5. The molecule has 0 heterocycles. The van der Waals surface area contributed by atoms with Gasteiger partial charge < -0.3 is 9.47 Å². The molecule has 0 saturated heterocycles. The Labute approximate surface area is 138 Å². The van der Waals surface area contributed by atoms with E-state index in [1.807, 2.05) is 55.5 Å². The van der Waals surface area contributed by atoms with E-state index in [1.54, 1.807) is 7.11 Å². The van der Waals surface area contributed by atoms with Crippen molar-refractivity contribution in [3.8, 4) is 17.6 Å². The number of ether oxygens (including phenoxy) is 2. The first-order valence-electron chi connectivity index (χ1n) is 7.96. The van der Waals surface area contributed by atoms with Gasteiger partial charge in [0.15, 0.2) is 0 Å². The average Bonchev–Trinajstić information content (AvgIpc) is 2.59. The molecule has 3 nitrogen and oxygen atoms in total. The molecule has 3 heteroatoms. The largest absolute Gasteiger partial charge is 0.497 e. The molecule has 1 unspecified atom stereocenters. The van der Waals surface area contributed by atoms with Gasteiger partial charge in [-0.25, -0.2) is 0 Å². The van der Waals surface area contributed by atoms with E-state index in [-0.39, 0.29) is 5.92 Å². The predicted octanol–water partition coefficient (Wildman–Crippen LogP) is 4.86. The van der Waals surface area contributed by atoms with Crippen LogP contribution in [0, 0.1) is 18.3 Å². The van der Waals surface area contributed by atoms with E-state index in [0.29, 0.717) is 6.61 Å². The second kappa shape index (κ2) is 8.85. The molecule has 1 atom stereocenters. The molecule has 0 aromatic heterocycles. The Hall–Kier alpha value is -2.47. The molecule has 0 saturated carbocycles. The Bertz CT molecular complexity index is 661. The lowest BCUT2D eigenvalue weighted by Crippen LogP contribution is -2.01. The van der Waals surface area contributed by atoms with Crippen molar-refractivity contribution in [3.05, 3.63) is 59.7 Å². The summed E-state index contributed by atoms with van der Waals surface area (Å²) in [5.41, 5.74) is 2.17. The smallest absolute Gasteiger partial charge is 0.122 e. The Balaban J connectivity index is 1.78. The van der Waals surface area contributed by atoms with Crippen molar-refractivity contribution >= 4 is 0 Å². The van der Waals surface area contributed by atoms with Crippen LogP contribution < -0.4 is 9.47 Å². The highest BCUT2D eigenvalue weighted by molar-refractivity contribution is 5.33. The van der Waals surface area contributed by atoms with Gasteiger partial charge in [0.1, 0.15) is 11.5 Å². The first-order valence-corrected chi connectivity index (χ1v) is 7.96. The number of aryl methyl sites for hydroxylation is 1. The zero-order valence-electron chi connectivity index (χ0n) is 13.8. The van der Waals surface area contributed by atoms with E-state index in [0.717, 1.165) is 41.9 Å². The van der Waals surface area contributed by atoms with E-state index in [9.17, 15) is 5.26 Å². The maximum absolute atomic E-state index is 9.39. The van der Waals surface area contributed by atoms with Crippen molar-refractivity contribution in [2.45, 2.75) is 32.1 Å². The van der Waals surface area contributed by atoms with Crippen LogP contribution >= 0.6 is 0 Å². The minimum absolute atomic E-state index is 0.0939. The molecule has 2 rings (SSSR count). The third-order valence-corrected chi connectivity index (χ3v) is 3.89. The average molecular weight is 309 g/mol. The van der Waals surface area contributed by atoms with Crippen molar-refractivity contribution < 1.29 is 9.47 Å². The van der Waals surface area contributed by atoms with Gasteiger partial charge in [-0.3, -0.25) is 0 Å². The van der Waals surface area contributed by atoms with Crippen molar-refractivity contribution in [2.75, 3.05) is 13.7 Å². The first-order chi connectivity index (χ1) is 11.2. The molecule has 0 radical (unpaired) electrons. The summed E-state index contributed by atoms with van der Waals surface area (Å²) in [5.74, 6) is 1.64. The van der Waals surface area contributed by atoms with Crippen molar-refractivity contribution in [1.82, 2.24) is 0 Å². The molecule has 0 spiro atoms. The highest BCUT2D eigenvalue weighted by atomic mass is 16.5. The SMILES string of the molecule is COc1cccc(C(C#N)CCCCOc2ccccc2C)c1. The van der Waals surface area contributed by atoms with E-state index >= 15 is 0 Å². The fraction of sp³-hybridized carbons (Fsp3) is 0.350. The Kier molecular flexibility index (Phi) is 6.50. The summed E-state index contributed by atoms with van der Waals surface area (Å²) in [6.07, 6.45) is 2.73. The monoisotopic (exact) mass is 309 g/mol. The van der Waals surface area contributed by atoms with Gasteiger partial charge in [0, 0.05) is 0 Å². The summed E-state index contributed by atoms with van der Waals surface area (Å²) in [4.78, 5) is 0. The van der Waals surface area contributed by atoms with Gasteiger partial charge in [-0.15, -0.1) is 0 Å². The van der Waals surface area contributed by atoms with Crippen molar-refractivity contribution in [3.63, 3.8) is 0 Å². The van der Waals surface area contributed by atoms with Crippen LogP contribution in [0.15, 0.2) is 48.5 Å². The van der Waals surface area contributed by atoms with Gasteiger partial charge in [-0.05, 0) is 55.5 Å². The second-order valence-corrected chi connectivity index (χ2v) is 5.57. The number of hydrogen-bond donors (Lipinski definition) is 0. The van der Waals surface area contributed by atoms with Crippen molar-refractivity contribution in [1.29, 1.82) is 5.26 Å². The highest BCUT2D eigenvalue weighted by Crippen LogP contribution is 2.25. The lowest BCUT2D eigenvalue weighted by molar-refractivity contribution is 0.302. The maximum Gasteiger partial charge on any atom is 0.122 e. The molecule has 23 heavy (non-hydrogen) atoms. The molecule has 0 amide bonds.